The van der Waals surface area contributed by atoms with Gasteiger partial charge in [0, 0.05) is 64.1 Å². The first-order valence-electron chi connectivity index (χ1n) is 19.0. The third-order valence-corrected chi connectivity index (χ3v) is 10.7. The lowest BCUT2D eigenvalue weighted by Crippen LogP contribution is -2.00. The zero-order chi connectivity index (χ0) is 37.8. The van der Waals surface area contributed by atoms with Gasteiger partial charge in [0.2, 0.25) is 0 Å². The summed E-state index contributed by atoms with van der Waals surface area (Å²) in [6.07, 6.45) is 0. The summed E-state index contributed by atoms with van der Waals surface area (Å²) < 4.78 is 53.5. The molecule has 0 amide bonds. The van der Waals surface area contributed by atoms with Gasteiger partial charge in [-0.1, -0.05) is 96.9 Å². The molecule has 0 N–H and O–H groups in total. The van der Waals surface area contributed by atoms with Crippen LogP contribution in [0.3, 0.4) is 0 Å². The second-order valence-corrected chi connectivity index (χ2v) is 13.5. The van der Waals surface area contributed by atoms with Crippen molar-refractivity contribution in [3.05, 3.63) is 158 Å². The van der Waals surface area contributed by atoms with Crippen molar-refractivity contribution in [2.24, 2.45) is 0 Å². The lowest BCUT2D eigenvalue weighted by molar-refractivity contribution is 0.669. The molecule has 0 fully saturated rings. The van der Waals surface area contributed by atoms with E-state index in [4.69, 9.17) is 26.2 Å². The molecule has 0 aliphatic heterocycles. The summed E-state index contributed by atoms with van der Waals surface area (Å²) in [6.45, 7) is 0. The molecule has 4 heterocycles. The predicted molar refractivity (Wildman–Crippen MR) is 211 cm³/mol. The van der Waals surface area contributed by atoms with Crippen LogP contribution in [0.1, 0.15) is 6.85 Å². The molecule has 11 rings (SSSR count). The van der Waals surface area contributed by atoms with E-state index in [0.29, 0.717) is 22.8 Å². The first kappa shape index (κ1) is 23.7. The van der Waals surface area contributed by atoms with Crippen LogP contribution in [-0.4, -0.2) is 19.5 Å². The molecule has 238 valence electrons. The summed E-state index contributed by atoms with van der Waals surface area (Å²) in [5, 5.41) is 6.16. The van der Waals surface area contributed by atoms with Crippen LogP contribution in [0.2, 0.25) is 0 Å². The third-order valence-electron chi connectivity index (χ3n) is 9.55. The smallest absolute Gasteiger partial charge is 0.164 e. The van der Waals surface area contributed by atoms with Crippen molar-refractivity contribution < 1.29 is 11.3 Å². The number of para-hydroxylation sites is 2. The highest BCUT2D eigenvalue weighted by atomic mass is 32.1. The van der Waals surface area contributed by atoms with Crippen LogP contribution in [0.5, 0.6) is 0 Å². The van der Waals surface area contributed by atoms with Crippen molar-refractivity contribution >= 4 is 75.3 Å². The van der Waals surface area contributed by atoms with Crippen LogP contribution >= 0.6 is 11.3 Å². The van der Waals surface area contributed by atoms with Crippen LogP contribution in [0, 0.1) is 0 Å². The van der Waals surface area contributed by atoms with E-state index in [1.807, 2.05) is 48.5 Å². The molecule has 0 aliphatic rings. The van der Waals surface area contributed by atoms with Crippen molar-refractivity contribution in [3.63, 3.8) is 0 Å². The zero-order valence-electron chi connectivity index (χ0n) is 31.7. The molecule has 0 bridgehead atoms. The Morgan fingerprint density at radius 1 is 0.510 bits per heavy atom. The summed E-state index contributed by atoms with van der Waals surface area (Å²) in [5.74, 6) is 0.615. The van der Waals surface area contributed by atoms with Gasteiger partial charge in [-0.2, -0.15) is 0 Å². The van der Waals surface area contributed by atoms with Crippen molar-refractivity contribution in [2.45, 2.75) is 0 Å². The van der Waals surface area contributed by atoms with E-state index in [0.717, 1.165) is 58.8 Å². The number of benzene rings is 7. The fourth-order valence-electron chi connectivity index (χ4n) is 7.30. The Bertz CT molecular complexity index is 3380. The number of rotatable bonds is 4. The highest BCUT2D eigenvalue weighted by molar-refractivity contribution is 7.25. The molecule has 7 aromatic carbocycles. The van der Waals surface area contributed by atoms with Gasteiger partial charge in [0.15, 0.2) is 17.5 Å². The number of furan rings is 1. The Labute approximate surface area is 302 Å². The van der Waals surface area contributed by atoms with Gasteiger partial charge in [0.05, 0.1) is 17.9 Å². The van der Waals surface area contributed by atoms with E-state index in [-0.39, 0.29) is 23.5 Å². The summed E-state index contributed by atoms with van der Waals surface area (Å²) in [5.41, 5.74) is 5.94. The normalized spacial score (nSPS) is 13.3. The molecule has 0 saturated heterocycles. The minimum atomic E-state index is -0.481. The fraction of sp³-hybridized carbons (Fsp3) is 0. The minimum absolute atomic E-state index is 0.00987. The van der Waals surface area contributed by atoms with E-state index in [2.05, 4.69) is 83.4 Å². The molecule has 4 aromatic heterocycles. The molecule has 0 atom stereocenters. The second-order valence-electron chi connectivity index (χ2n) is 12.4. The Balaban J connectivity index is 1.15. The lowest BCUT2D eigenvalue weighted by Gasteiger charge is -2.10. The quantitative estimate of drug-likeness (QED) is 0.186. The van der Waals surface area contributed by atoms with Gasteiger partial charge in [0.1, 0.15) is 11.2 Å². The van der Waals surface area contributed by atoms with Crippen LogP contribution in [0.25, 0.3) is 104 Å². The number of hydrogen-bond acceptors (Lipinski definition) is 5. The monoisotopic (exact) mass is 675 g/mol. The maximum atomic E-state index is 8.81. The van der Waals surface area contributed by atoms with E-state index in [1.54, 1.807) is 11.3 Å². The summed E-state index contributed by atoms with van der Waals surface area (Å²) in [6, 6.07) is 40.7. The van der Waals surface area contributed by atoms with E-state index in [1.165, 1.54) is 10.8 Å². The van der Waals surface area contributed by atoms with E-state index < -0.39 is 18.1 Å². The third kappa shape index (κ3) is 4.37. The van der Waals surface area contributed by atoms with Crippen LogP contribution in [0.4, 0.5) is 0 Å². The van der Waals surface area contributed by atoms with Crippen molar-refractivity contribution in [1.82, 2.24) is 19.5 Å². The first-order chi connectivity index (χ1) is 27.3. The van der Waals surface area contributed by atoms with E-state index in [9.17, 15) is 0 Å². The van der Waals surface area contributed by atoms with Gasteiger partial charge >= 0.3 is 0 Å². The second kappa shape index (κ2) is 10.9. The molecule has 0 unspecified atom stereocenters. The molecule has 11 aromatic rings. The molecule has 5 nitrogen and oxygen atoms in total. The number of aromatic nitrogens is 4. The van der Waals surface area contributed by atoms with Gasteiger partial charge in [-0.25, -0.2) is 15.0 Å². The highest BCUT2D eigenvalue weighted by Crippen LogP contribution is 2.40. The SMILES string of the molecule is [2H]c1c([2H])c([2H])c(-c2nc(-c3ccc4oc5ccc(-n6c7ccccc7c7ccccc76)cc5c4c3)nc(-c3cccc4sc5ccccc5c34)n2)c([2H])c1[2H]. The number of fused-ring (bicyclic) bond motifs is 9. The number of hydrogen-bond donors (Lipinski definition) is 0. The van der Waals surface area contributed by atoms with E-state index >= 15 is 0 Å². The van der Waals surface area contributed by atoms with Crippen molar-refractivity contribution in [2.75, 3.05) is 0 Å². The molecular formula is C45H26N4OS. The van der Waals surface area contributed by atoms with Gasteiger partial charge in [-0.3, -0.25) is 0 Å². The molecule has 0 aliphatic carbocycles. The maximum Gasteiger partial charge on any atom is 0.164 e. The van der Waals surface area contributed by atoms with Crippen LogP contribution in [-0.2, 0) is 0 Å². The molecule has 0 radical (unpaired) electrons. The Kier molecular flexibility index (Phi) is 5.08. The highest BCUT2D eigenvalue weighted by Gasteiger charge is 2.19. The van der Waals surface area contributed by atoms with Crippen LogP contribution < -0.4 is 0 Å². The molecule has 0 saturated carbocycles. The van der Waals surface area contributed by atoms with Gasteiger partial charge < -0.3 is 8.98 Å². The molecule has 51 heavy (non-hydrogen) atoms. The molecule has 0 spiro atoms. The van der Waals surface area contributed by atoms with Gasteiger partial charge in [-0.15, -0.1) is 11.3 Å². The summed E-state index contributed by atoms with van der Waals surface area (Å²) in [4.78, 5) is 14.7. The first-order valence-corrected chi connectivity index (χ1v) is 17.3. The maximum absolute atomic E-state index is 8.81. The average molecular weight is 676 g/mol. The standard InChI is InChI=1S/C45H26N4OS/c1-2-11-27(12-3-1)43-46-44(48-45(47-43)33-16-10-20-41-42(33)32-15-6-9-19-40(32)51-41)28-21-23-38-34(25-28)35-26-29(22-24-39(35)50-38)49-36-17-7-4-13-30(36)31-14-5-8-18-37(31)49/h1-26H/i1D,2D,3D,11D,12D. The minimum Gasteiger partial charge on any atom is -0.456 e. The van der Waals surface area contributed by atoms with Crippen molar-refractivity contribution in [1.29, 1.82) is 0 Å². The largest absolute Gasteiger partial charge is 0.456 e. The summed E-state index contributed by atoms with van der Waals surface area (Å²) >= 11 is 1.67. The van der Waals surface area contributed by atoms with Crippen LogP contribution in [0.15, 0.2) is 162 Å². The zero-order valence-corrected chi connectivity index (χ0v) is 27.5. The fourth-order valence-corrected chi connectivity index (χ4v) is 8.44. The number of thiophene rings is 1. The Hall–Kier alpha value is -6.63. The Morgan fingerprint density at radius 3 is 1.92 bits per heavy atom. The topological polar surface area (TPSA) is 56.7 Å². The molecule has 6 heteroatoms. The molecular weight excluding hydrogens is 645 g/mol. The van der Waals surface area contributed by atoms with Gasteiger partial charge in [-0.05, 0) is 60.7 Å². The Morgan fingerprint density at radius 2 is 1.14 bits per heavy atom. The van der Waals surface area contributed by atoms with Crippen molar-refractivity contribution in [3.8, 4) is 39.9 Å². The summed E-state index contributed by atoms with van der Waals surface area (Å²) in [7, 11) is 0. The van der Waals surface area contributed by atoms with Gasteiger partial charge in [0.25, 0.3) is 0 Å². The average Bonchev–Trinajstić information content (AvgIpc) is 3.91. The lowest BCUT2D eigenvalue weighted by atomic mass is 10.0. The predicted octanol–water partition coefficient (Wildman–Crippen LogP) is 12.2. The number of nitrogens with zero attached hydrogens (tertiary/aromatic N) is 4.